The second-order valence-corrected chi connectivity index (χ2v) is 10.6. The molecule has 3 N–H and O–H groups in total. The number of nitrogens with zero attached hydrogens (tertiary/aromatic N) is 1. The number of fused-ring (bicyclic) bond motifs is 1. The van der Waals surface area contributed by atoms with Crippen LogP contribution in [0.4, 0.5) is 9.18 Å². The topological polar surface area (TPSA) is 108 Å². The van der Waals surface area contributed by atoms with E-state index in [9.17, 15) is 22.7 Å². The number of halogens is 1. The molecule has 0 spiro atoms. The van der Waals surface area contributed by atoms with Crippen LogP contribution in [0.2, 0.25) is 0 Å². The summed E-state index contributed by atoms with van der Waals surface area (Å²) in [4.78, 5) is 17.6. The van der Waals surface area contributed by atoms with Crippen LogP contribution < -0.4 is 10.8 Å². The van der Waals surface area contributed by atoms with Gasteiger partial charge in [-0.3, -0.25) is 0 Å². The standard InChI is InChI=1S/C21H26FN3O5S2/c1-13(2)23-21(27)30-24-17-6-4-5-16-19(12-31-20(16)17)32(28,29)25(3)11-18(26)14-7-9-15(22)10-8-14/h6-10,12-13,18,24,26H,4-5,11H2,1-3H3,(H,23,27). The lowest BCUT2D eigenvalue weighted by molar-refractivity contribution is 0.113. The number of hydrogen-bond acceptors (Lipinski definition) is 7. The third-order valence-corrected chi connectivity index (χ3v) is 7.97. The molecule has 0 aliphatic heterocycles. The third-order valence-electron chi connectivity index (χ3n) is 4.88. The lowest BCUT2D eigenvalue weighted by Gasteiger charge is -2.22. The molecular formula is C21H26FN3O5S2. The highest BCUT2D eigenvalue weighted by atomic mass is 32.2. The molecular weight excluding hydrogens is 457 g/mol. The molecule has 1 aliphatic rings. The summed E-state index contributed by atoms with van der Waals surface area (Å²) < 4.78 is 40.6. The number of allylic oxidation sites excluding steroid dienone is 1. The number of hydrogen-bond donors (Lipinski definition) is 3. The first kappa shape index (κ1) is 24.2. The van der Waals surface area contributed by atoms with Gasteiger partial charge in [-0.05, 0) is 49.9 Å². The number of carbonyl (C=O) groups is 1. The smallest absolute Gasteiger partial charge is 0.387 e. The number of benzene rings is 1. The molecule has 1 unspecified atom stereocenters. The fourth-order valence-electron chi connectivity index (χ4n) is 3.25. The maximum Gasteiger partial charge on any atom is 0.431 e. The molecule has 2 aromatic rings. The normalized spacial score (nSPS) is 14.7. The van der Waals surface area contributed by atoms with Gasteiger partial charge in [-0.1, -0.05) is 18.2 Å². The van der Waals surface area contributed by atoms with Crippen molar-refractivity contribution < 1.29 is 27.5 Å². The SMILES string of the molecule is CC(C)NC(=O)ONC1=CCCc2c(S(=O)(=O)N(C)CC(O)c3ccc(F)cc3)csc21. The van der Waals surface area contributed by atoms with E-state index in [1.54, 1.807) is 19.2 Å². The van der Waals surface area contributed by atoms with E-state index in [1.807, 2.05) is 6.08 Å². The van der Waals surface area contributed by atoms with Crippen LogP contribution in [0.15, 0.2) is 40.6 Å². The molecule has 1 heterocycles. The lowest BCUT2D eigenvalue weighted by atomic mass is 10.0. The number of thiophene rings is 1. The number of hydroxylamine groups is 1. The molecule has 1 aromatic carbocycles. The zero-order valence-corrected chi connectivity index (χ0v) is 19.6. The number of sulfonamides is 1. The molecule has 0 fully saturated rings. The first-order valence-electron chi connectivity index (χ1n) is 10.0. The van der Waals surface area contributed by atoms with Gasteiger partial charge < -0.3 is 15.3 Å². The molecule has 1 atom stereocenters. The summed E-state index contributed by atoms with van der Waals surface area (Å²) >= 11 is 1.23. The van der Waals surface area contributed by atoms with Crippen LogP contribution >= 0.6 is 11.3 Å². The lowest BCUT2D eigenvalue weighted by Crippen LogP contribution is -2.34. The molecule has 1 aromatic heterocycles. The highest BCUT2D eigenvalue weighted by Crippen LogP contribution is 2.36. The zero-order chi connectivity index (χ0) is 23.5. The van der Waals surface area contributed by atoms with Crippen molar-refractivity contribution >= 4 is 33.2 Å². The Hall–Kier alpha value is -2.47. The van der Waals surface area contributed by atoms with Crippen molar-refractivity contribution in [2.24, 2.45) is 0 Å². The Bertz CT molecular complexity index is 1100. The molecule has 0 saturated carbocycles. The Kier molecular flexibility index (Phi) is 7.55. The Morgan fingerprint density at radius 2 is 2.00 bits per heavy atom. The first-order chi connectivity index (χ1) is 15.1. The van der Waals surface area contributed by atoms with E-state index in [4.69, 9.17) is 4.84 Å². The van der Waals surface area contributed by atoms with E-state index in [-0.39, 0.29) is 17.5 Å². The summed E-state index contributed by atoms with van der Waals surface area (Å²) in [5, 5.41) is 14.6. The Labute approximate surface area is 190 Å². The van der Waals surface area contributed by atoms with Gasteiger partial charge in [0.25, 0.3) is 0 Å². The molecule has 8 nitrogen and oxygen atoms in total. The van der Waals surface area contributed by atoms with E-state index in [0.29, 0.717) is 34.5 Å². The van der Waals surface area contributed by atoms with Gasteiger partial charge in [0.15, 0.2) is 0 Å². The second kappa shape index (κ2) is 9.99. The fourth-order valence-corrected chi connectivity index (χ4v) is 6.11. The van der Waals surface area contributed by atoms with Crippen molar-refractivity contribution in [3.8, 4) is 0 Å². The van der Waals surface area contributed by atoms with Crippen LogP contribution in [0.1, 0.15) is 42.4 Å². The Morgan fingerprint density at radius 3 is 2.66 bits per heavy atom. The Morgan fingerprint density at radius 1 is 1.31 bits per heavy atom. The van der Waals surface area contributed by atoms with Crippen LogP contribution in [0, 0.1) is 5.82 Å². The summed E-state index contributed by atoms with van der Waals surface area (Å²) in [7, 11) is -2.49. The minimum atomic E-state index is -3.88. The number of amides is 1. The number of nitrogens with one attached hydrogen (secondary N) is 2. The first-order valence-corrected chi connectivity index (χ1v) is 12.4. The molecule has 3 rings (SSSR count). The summed E-state index contributed by atoms with van der Waals surface area (Å²) in [6, 6.07) is 5.19. The van der Waals surface area contributed by atoms with Gasteiger partial charge >= 0.3 is 6.09 Å². The molecule has 32 heavy (non-hydrogen) atoms. The number of aliphatic hydroxyl groups is 1. The van der Waals surface area contributed by atoms with Gasteiger partial charge in [-0.15, -0.1) is 11.3 Å². The molecule has 174 valence electrons. The number of aliphatic hydroxyl groups excluding tert-OH is 1. The van der Waals surface area contributed by atoms with Crippen LogP contribution in [-0.4, -0.2) is 43.6 Å². The Balaban J connectivity index is 1.74. The maximum atomic E-state index is 13.2. The van der Waals surface area contributed by atoms with E-state index in [0.717, 1.165) is 4.31 Å². The van der Waals surface area contributed by atoms with Gasteiger partial charge in [-0.2, -0.15) is 4.31 Å². The van der Waals surface area contributed by atoms with Crippen molar-refractivity contribution in [1.82, 2.24) is 15.1 Å². The van der Waals surface area contributed by atoms with Crippen molar-refractivity contribution in [1.29, 1.82) is 0 Å². The highest BCUT2D eigenvalue weighted by Gasteiger charge is 2.30. The predicted molar refractivity (Wildman–Crippen MR) is 120 cm³/mol. The number of carbonyl (C=O) groups excluding carboxylic acids is 1. The molecule has 11 heteroatoms. The third kappa shape index (κ3) is 5.47. The van der Waals surface area contributed by atoms with Gasteiger partial charge in [0.1, 0.15) is 5.82 Å². The molecule has 0 saturated heterocycles. The molecule has 0 radical (unpaired) electrons. The van der Waals surface area contributed by atoms with Crippen molar-refractivity contribution in [2.75, 3.05) is 13.6 Å². The largest absolute Gasteiger partial charge is 0.431 e. The highest BCUT2D eigenvalue weighted by molar-refractivity contribution is 7.89. The summed E-state index contributed by atoms with van der Waals surface area (Å²) in [5.74, 6) is -0.435. The monoisotopic (exact) mass is 483 g/mol. The number of likely N-dealkylation sites (N-methyl/N-ethyl adjacent to an activating group) is 1. The average Bonchev–Trinajstić information content (AvgIpc) is 3.17. The van der Waals surface area contributed by atoms with E-state index >= 15 is 0 Å². The van der Waals surface area contributed by atoms with Gasteiger partial charge in [0.2, 0.25) is 10.0 Å². The van der Waals surface area contributed by atoms with Crippen LogP contribution in [0.25, 0.3) is 5.70 Å². The van der Waals surface area contributed by atoms with E-state index in [2.05, 4.69) is 10.8 Å². The zero-order valence-electron chi connectivity index (χ0n) is 18.0. The minimum Gasteiger partial charge on any atom is -0.387 e. The van der Waals surface area contributed by atoms with Crippen LogP contribution in [0.3, 0.4) is 0 Å². The van der Waals surface area contributed by atoms with E-state index < -0.39 is 28.0 Å². The molecule has 1 amide bonds. The van der Waals surface area contributed by atoms with E-state index in [1.165, 1.54) is 42.6 Å². The van der Waals surface area contributed by atoms with Gasteiger partial charge in [0, 0.05) is 25.0 Å². The molecule has 1 aliphatic carbocycles. The number of rotatable bonds is 8. The second-order valence-electron chi connectivity index (χ2n) is 7.71. The van der Waals surface area contributed by atoms with Gasteiger partial charge in [-0.25, -0.2) is 23.1 Å². The maximum absolute atomic E-state index is 13.2. The van der Waals surface area contributed by atoms with Crippen molar-refractivity contribution in [2.45, 2.75) is 43.7 Å². The summed E-state index contributed by atoms with van der Waals surface area (Å²) in [6.45, 7) is 3.43. The fraction of sp³-hybridized carbons (Fsp3) is 0.381. The van der Waals surface area contributed by atoms with Crippen molar-refractivity contribution in [3.05, 3.63) is 57.5 Å². The summed E-state index contributed by atoms with van der Waals surface area (Å²) in [6.07, 6.45) is 1.21. The molecule has 0 bridgehead atoms. The van der Waals surface area contributed by atoms with Crippen LogP contribution in [-0.2, 0) is 21.3 Å². The van der Waals surface area contributed by atoms with Crippen LogP contribution in [0.5, 0.6) is 0 Å². The minimum absolute atomic E-state index is 0.0838. The van der Waals surface area contributed by atoms with Gasteiger partial charge in [0.05, 0.1) is 21.6 Å². The predicted octanol–water partition coefficient (Wildman–Crippen LogP) is 3.17. The quantitative estimate of drug-likeness (QED) is 0.498. The summed E-state index contributed by atoms with van der Waals surface area (Å²) in [5.41, 5.74) is 4.21. The average molecular weight is 484 g/mol. The van der Waals surface area contributed by atoms with Crippen molar-refractivity contribution in [3.63, 3.8) is 0 Å².